The lowest BCUT2D eigenvalue weighted by molar-refractivity contribution is 0.0696. The first-order valence-corrected chi connectivity index (χ1v) is 6.29. The van der Waals surface area contributed by atoms with Crippen LogP contribution in [0, 0.1) is 13.8 Å². The molecule has 0 radical (unpaired) electrons. The van der Waals surface area contributed by atoms with Crippen LogP contribution < -0.4 is 10.6 Å². The number of carbonyl (C=O) groups excluding carboxylic acids is 1. The molecule has 0 spiro atoms. The van der Waals surface area contributed by atoms with E-state index in [9.17, 15) is 9.59 Å². The van der Waals surface area contributed by atoms with Gasteiger partial charge >= 0.3 is 12.0 Å². The van der Waals surface area contributed by atoms with Gasteiger partial charge in [0.25, 0.3) is 0 Å². The number of rotatable bonds is 3. The molecule has 2 aromatic rings. The topological polar surface area (TPSA) is 91.3 Å². The number of aryl methyl sites for hydroxylation is 2. The number of carboxylic acids is 1. The third-order valence-corrected chi connectivity index (χ3v) is 2.85. The van der Waals surface area contributed by atoms with Crippen LogP contribution in [0.1, 0.15) is 21.5 Å². The summed E-state index contributed by atoms with van der Waals surface area (Å²) in [6.45, 7) is 3.56. The maximum Gasteiger partial charge on any atom is 0.335 e. The summed E-state index contributed by atoms with van der Waals surface area (Å²) in [6, 6.07) is 6.00. The summed E-state index contributed by atoms with van der Waals surface area (Å²) in [4.78, 5) is 26.8. The molecule has 0 atom stereocenters. The second kappa shape index (κ2) is 6.04. The van der Waals surface area contributed by atoms with E-state index in [1.54, 1.807) is 37.5 Å². The highest BCUT2D eigenvalue weighted by molar-refractivity contribution is 6.00. The maximum absolute atomic E-state index is 11.9. The molecule has 1 aromatic carbocycles. The largest absolute Gasteiger partial charge is 0.478 e. The predicted molar refractivity (Wildman–Crippen MR) is 79.8 cm³/mol. The van der Waals surface area contributed by atoms with Gasteiger partial charge in [-0.1, -0.05) is 0 Å². The second-order valence-corrected chi connectivity index (χ2v) is 4.66. The van der Waals surface area contributed by atoms with E-state index < -0.39 is 12.0 Å². The highest BCUT2D eigenvalue weighted by atomic mass is 16.4. The molecule has 108 valence electrons. The maximum atomic E-state index is 11.9. The first-order valence-electron chi connectivity index (χ1n) is 6.29. The van der Waals surface area contributed by atoms with Crippen LogP contribution in [0.3, 0.4) is 0 Å². The summed E-state index contributed by atoms with van der Waals surface area (Å²) in [5.41, 5.74) is 2.85. The Morgan fingerprint density at radius 1 is 1.05 bits per heavy atom. The minimum Gasteiger partial charge on any atom is -0.478 e. The number of aromatic carboxylic acids is 1. The monoisotopic (exact) mass is 285 g/mol. The van der Waals surface area contributed by atoms with Gasteiger partial charge in [0.05, 0.1) is 17.4 Å². The van der Waals surface area contributed by atoms with Gasteiger partial charge in [0.2, 0.25) is 0 Å². The van der Waals surface area contributed by atoms with Gasteiger partial charge in [-0.3, -0.25) is 4.98 Å². The molecule has 0 saturated carbocycles. The van der Waals surface area contributed by atoms with Gasteiger partial charge in [0, 0.05) is 11.9 Å². The number of hydrogen-bond donors (Lipinski definition) is 3. The quantitative estimate of drug-likeness (QED) is 0.808. The van der Waals surface area contributed by atoms with Crippen molar-refractivity contribution in [2.45, 2.75) is 13.8 Å². The van der Waals surface area contributed by atoms with Crippen molar-refractivity contribution in [3.05, 3.63) is 53.3 Å². The zero-order chi connectivity index (χ0) is 15.4. The summed E-state index contributed by atoms with van der Waals surface area (Å²) in [5.74, 6) is -0.991. The van der Waals surface area contributed by atoms with Crippen LogP contribution >= 0.6 is 0 Å². The molecule has 0 aliphatic heterocycles. The Kier molecular flexibility index (Phi) is 4.18. The number of aromatic nitrogens is 1. The first-order chi connectivity index (χ1) is 9.95. The Bertz CT molecular complexity index is 698. The molecule has 21 heavy (non-hydrogen) atoms. The zero-order valence-corrected chi connectivity index (χ0v) is 11.7. The molecule has 2 rings (SSSR count). The van der Waals surface area contributed by atoms with Gasteiger partial charge < -0.3 is 15.7 Å². The molecule has 0 bridgehead atoms. The Hall–Kier alpha value is -2.89. The van der Waals surface area contributed by atoms with Gasteiger partial charge in [0.15, 0.2) is 0 Å². The van der Waals surface area contributed by atoms with Gasteiger partial charge in [0.1, 0.15) is 0 Å². The van der Waals surface area contributed by atoms with E-state index in [-0.39, 0.29) is 5.56 Å². The highest BCUT2D eigenvalue weighted by Gasteiger charge is 2.09. The minimum atomic E-state index is -0.991. The van der Waals surface area contributed by atoms with Crippen molar-refractivity contribution in [2.75, 3.05) is 10.6 Å². The van der Waals surface area contributed by atoms with Crippen LogP contribution in [-0.4, -0.2) is 22.1 Å². The molecule has 1 aromatic heterocycles. The van der Waals surface area contributed by atoms with Gasteiger partial charge in [-0.2, -0.15) is 0 Å². The van der Waals surface area contributed by atoms with E-state index in [1.807, 2.05) is 6.92 Å². The number of nitrogens with zero attached hydrogens (tertiary/aromatic N) is 1. The first kappa shape index (κ1) is 14.5. The number of nitrogens with one attached hydrogen (secondary N) is 2. The van der Waals surface area contributed by atoms with Crippen molar-refractivity contribution >= 4 is 23.4 Å². The Labute approximate surface area is 121 Å². The van der Waals surface area contributed by atoms with Crippen molar-refractivity contribution in [3.63, 3.8) is 0 Å². The lowest BCUT2D eigenvalue weighted by Crippen LogP contribution is -2.19. The van der Waals surface area contributed by atoms with Crippen LogP contribution in [0.25, 0.3) is 0 Å². The van der Waals surface area contributed by atoms with Crippen molar-refractivity contribution in [1.29, 1.82) is 0 Å². The molecular formula is C15H15N3O3. The summed E-state index contributed by atoms with van der Waals surface area (Å²) in [5, 5.41) is 14.3. The summed E-state index contributed by atoms with van der Waals surface area (Å²) in [7, 11) is 0. The molecule has 6 nitrogen and oxygen atoms in total. The van der Waals surface area contributed by atoms with Crippen molar-refractivity contribution in [1.82, 2.24) is 4.98 Å². The van der Waals surface area contributed by atoms with Crippen LogP contribution in [0.5, 0.6) is 0 Å². The number of amides is 2. The molecule has 0 aliphatic rings. The van der Waals surface area contributed by atoms with Crippen LogP contribution in [-0.2, 0) is 0 Å². The molecule has 1 heterocycles. The number of urea groups is 1. The third-order valence-electron chi connectivity index (χ3n) is 2.85. The predicted octanol–water partition coefficient (Wildman–Crippen LogP) is 3.04. The van der Waals surface area contributed by atoms with E-state index in [4.69, 9.17) is 5.11 Å². The number of carbonyl (C=O) groups is 2. The van der Waals surface area contributed by atoms with Crippen LogP contribution in [0.2, 0.25) is 0 Å². The zero-order valence-electron chi connectivity index (χ0n) is 11.7. The molecule has 0 saturated heterocycles. The number of anilines is 2. The molecular weight excluding hydrogens is 270 g/mol. The van der Waals surface area contributed by atoms with Gasteiger partial charge in [-0.05, 0) is 49.2 Å². The van der Waals surface area contributed by atoms with E-state index in [2.05, 4.69) is 15.6 Å². The van der Waals surface area contributed by atoms with E-state index in [0.29, 0.717) is 16.9 Å². The van der Waals surface area contributed by atoms with Crippen molar-refractivity contribution in [2.24, 2.45) is 0 Å². The molecule has 6 heteroatoms. The molecule has 0 unspecified atom stereocenters. The molecule has 3 N–H and O–H groups in total. The standard InChI is InChI=1S/C15H15N3O3/c1-9-5-12(8-16-7-9)18-15(21)17-11-3-4-13(14(19)20)10(2)6-11/h3-8H,1-2H3,(H,19,20)(H2,17,18,21). The fourth-order valence-electron chi connectivity index (χ4n) is 1.90. The minimum absolute atomic E-state index is 0.212. The lowest BCUT2D eigenvalue weighted by Gasteiger charge is -2.09. The summed E-state index contributed by atoms with van der Waals surface area (Å²) < 4.78 is 0. The summed E-state index contributed by atoms with van der Waals surface area (Å²) in [6.07, 6.45) is 3.24. The van der Waals surface area contributed by atoms with Crippen molar-refractivity contribution < 1.29 is 14.7 Å². The number of carboxylic acid groups (broad SMARTS) is 1. The fourth-order valence-corrected chi connectivity index (χ4v) is 1.90. The van der Waals surface area contributed by atoms with Crippen molar-refractivity contribution in [3.8, 4) is 0 Å². The van der Waals surface area contributed by atoms with Gasteiger partial charge in [-0.25, -0.2) is 9.59 Å². The number of pyridine rings is 1. The molecule has 2 amide bonds. The van der Waals surface area contributed by atoms with E-state index >= 15 is 0 Å². The second-order valence-electron chi connectivity index (χ2n) is 4.66. The summed E-state index contributed by atoms with van der Waals surface area (Å²) >= 11 is 0. The Morgan fingerprint density at radius 3 is 2.38 bits per heavy atom. The normalized spacial score (nSPS) is 10.0. The van der Waals surface area contributed by atoms with Crippen LogP contribution in [0.4, 0.5) is 16.2 Å². The average Bonchev–Trinajstić information content (AvgIpc) is 2.38. The number of hydrogen-bond acceptors (Lipinski definition) is 3. The molecule has 0 fully saturated rings. The van der Waals surface area contributed by atoms with E-state index in [0.717, 1.165) is 5.56 Å². The van der Waals surface area contributed by atoms with Gasteiger partial charge in [-0.15, -0.1) is 0 Å². The Balaban J connectivity index is 2.06. The SMILES string of the molecule is Cc1cncc(NC(=O)Nc2ccc(C(=O)O)c(C)c2)c1. The molecule has 0 aliphatic carbocycles. The number of benzene rings is 1. The Morgan fingerprint density at radius 2 is 1.76 bits per heavy atom. The lowest BCUT2D eigenvalue weighted by atomic mass is 10.1. The fraction of sp³-hybridized carbons (Fsp3) is 0.133. The average molecular weight is 285 g/mol. The van der Waals surface area contributed by atoms with E-state index in [1.165, 1.54) is 6.07 Å². The smallest absolute Gasteiger partial charge is 0.335 e. The highest BCUT2D eigenvalue weighted by Crippen LogP contribution is 2.16. The third kappa shape index (κ3) is 3.79. The van der Waals surface area contributed by atoms with Crippen LogP contribution in [0.15, 0.2) is 36.7 Å².